The quantitative estimate of drug-likeness (QED) is 0.917. The molecule has 3 rings (SSSR count). The van der Waals surface area contributed by atoms with Crippen molar-refractivity contribution in [2.24, 2.45) is 0 Å². The molecule has 0 atom stereocenters. The van der Waals surface area contributed by atoms with Crippen LogP contribution >= 0.6 is 0 Å². The van der Waals surface area contributed by atoms with Crippen molar-refractivity contribution in [1.29, 1.82) is 0 Å². The van der Waals surface area contributed by atoms with Crippen molar-refractivity contribution in [3.8, 4) is 11.5 Å². The summed E-state index contributed by atoms with van der Waals surface area (Å²) in [5.74, 6) is -1.57. The number of pyridine rings is 1. The van der Waals surface area contributed by atoms with Crippen LogP contribution in [0.1, 0.15) is 31.7 Å². The van der Waals surface area contributed by atoms with Gasteiger partial charge in [0.25, 0.3) is 0 Å². The Morgan fingerprint density at radius 1 is 1.25 bits per heavy atom. The smallest absolute Gasteiger partial charge is 0.248 e. The Hall–Kier alpha value is -2.05. The van der Waals surface area contributed by atoms with E-state index < -0.39 is 5.92 Å². The van der Waals surface area contributed by atoms with Gasteiger partial charge in [0.2, 0.25) is 5.92 Å². The monoisotopic (exact) mass is 279 g/mol. The molecule has 20 heavy (non-hydrogen) atoms. The molecule has 1 aliphatic carbocycles. The van der Waals surface area contributed by atoms with Crippen molar-refractivity contribution >= 4 is 5.82 Å². The van der Waals surface area contributed by atoms with Gasteiger partial charge in [0, 0.05) is 18.9 Å². The van der Waals surface area contributed by atoms with Crippen LogP contribution in [-0.2, 0) is 0 Å². The molecule has 1 saturated carbocycles. The van der Waals surface area contributed by atoms with Crippen LogP contribution in [0.25, 0.3) is 11.5 Å². The van der Waals surface area contributed by atoms with E-state index in [-0.39, 0.29) is 18.9 Å². The summed E-state index contributed by atoms with van der Waals surface area (Å²) in [6, 6.07) is 5.24. The molecule has 1 fully saturated rings. The molecule has 0 saturated heterocycles. The van der Waals surface area contributed by atoms with Crippen molar-refractivity contribution in [3.05, 3.63) is 24.5 Å². The molecular formula is C13H15F2N5. The second-order valence-corrected chi connectivity index (χ2v) is 5.10. The predicted octanol–water partition coefficient (Wildman–Crippen LogP) is 2.67. The molecule has 0 spiro atoms. The maximum absolute atomic E-state index is 13.2. The third-order valence-corrected chi connectivity index (χ3v) is 3.65. The Labute approximate surface area is 114 Å². The van der Waals surface area contributed by atoms with Crippen molar-refractivity contribution in [2.45, 2.75) is 37.6 Å². The Morgan fingerprint density at radius 2 is 2.00 bits per heavy atom. The number of alkyl halides is 2. The number of halogens is 2. The van der Waals surface area contributed by atoms with Gasteiger partial charge >= 0.3 is 0 Å². The van der Waals surface area contributed by atoms with Crippen LogP contribution < -0.4 is 5.73 Å². The zero-order valence-corrected chi connectivity index (χ0v) is 10.8. The summed E-state index contributed by atoms with van der Waals surface area (Å²) >= 11 is 0. The topological polar surface area (TPSA) is 69.6 Å². The standard InChI is InChI=1S/C13H15F2N5/c14-13(15)6-4-9(5-7-13)20-8-17-19-12(20)10-2-1-3-11(16)18-10/h1-3,8-9H,4-7H2,(H2,16,18). The summed E-state index contributed by atoms with van der Waals surface area (Å²) in [5, 5.41) is 7.93. The first kappa shape index (κ1) is 13.0. The third kappa shape index (κ3) is 2.48. The lowest BCUT2D eigenvalue weighted by Crippen LogP contribution is -2.26. The largest absolute Gasteiger partial charge is 0.384 e. The van der Waals surface area contributed by atoms with E-state index in [2.05, 4.69) is 15.2 Å². The van der Waals surface area contributed by atoms with E-state index in [4.69, 9.17) is 5.73 Å². The summed E-state index contributed by atoms with van der Waals surface area (Å²) in [6.07, 6.45) is 2.22. The number of nitrogens with two attached hydrogens (primary N) is 1. The number of nitrogen functional groups attached to an aromatic ring is 1. The lowest BCUT2D eigenvalue weighted by Gasteiger charge is -2.29. The van der Waals surface area contributed by atoms with Crippen LogP contribution in [0.4, 0.5) is 14.6 Å². The second-order valence-electron chi connectivity index (χ2n) is 5.10. The van der Waals surface area contributed by atoms with Gasteiger partial charge in [-0.15, -0.1) is 10.2 Å². The normalized spacial score (nSPS) is 19.1. The molecule has 7 heteroatoms. The van der Waals surface area contributed by atoms with Gasteiger partial charge in [-0.1, -0.05) is 6.07 Å². The Bertz CT molecular complexity index is 600. The molecular weight excluding hydrogens is 264 g/mol. The van der Waals surface area contributed by atoms with E-state index in [9.17, 15) is 8.78 Å². The number of rotatable bonds is 2. The summed E-state index contributed by atoms with van der Waals surface area (Å²) in [4.78, 5) is 4.21. The molecule has 1 aliphatic rings. The van der Waals surface area contributed by atoms with Gasteiger partial charge < -0.3 is 10.3 Å². The lowest BCUT2D eigenvalue weighted by molar-refractivity contribution is -0.0438. The minimum atomic E-state index is -2.54. The maximum Gasteiger partial charge on any atom is 0.248 e. The van der Waals surface area contributed by atoms with Crippen LogP contribution in [0.2, 0.25) is 0 Å². The van der Waals surface area contributed by atoms with Crippen molar-refractivity contribution in [2.75, 3.05) is 5.73 Å². The van der Waals surface area contributed by atoms with Crippen molar-refractivity contribution in [1.82, 2.24) is 19.7 Å². The second kappa shape index (κ2) is 4.81. The molecule has 0 unspecified atom stereocenters. The minimum Gasteiger partial charge on any atom is -0.384 e. The molecule has 2 heterocycles. The van der Waals surface area contributed by atoms with Gasteiger partial charge in [-0.2, -0.15) is 0 Å². The van der Waals surface area contributed by atoms with Crippen LogP contribution in [0.5, 0.6) is 0 Å². The molecule has 0 aliphatic heterocycles. The SMILES string of the molecule is Nc1cccc(-c2nncn2C2CCC(F)(F)CC2)n1. The number of anilines is 1. The Kier molecular flexibility index (Phi) is 3.11. The van der Waals surface area contributed by atoms with Crippen molar-refractivity contribution < 1.29 is 8.78 Å². The molecule has 0 aromatic carbocycles. The van der Waals surface area contributed by atoms with Crippen molar-refractivity contribution in [3.63, 3.8) is 0 Å². The lowest BCUT2D eigenvalue weighted by atomic mass is 9.92. The highest BCUT2D eigenvalue weighted by molar-refractivity contribution is 5.52. The summed E-state index contributed by atoms with van der Waals surface area (Å²) < 4.78 is 28.3. The van der Waals surface area contributed by atoms with Gasteiger partial charge in [0.1, 0.15) is 17.8 Å². The highest BCUT2D eigenvalue weighted by atomic mass is 19.3. The Balaban J connectivity index is 1.88. The van der Waals surface area contributed by atoms with Gasteiger partial charge in [-0.05, 0) is 25.0 Å². The first-order valence-electron chi connectivity index (χ1n) is 6.55. The van der Waals surface area contributed by atoms with E-state index in [0.29, 0.717) is 30.2 Å². The van der Waals surface area contributed by atoms with Gasteiger partial charge in [0.15, 0.2) is 5.82 Å². The molecule has 0 radical (unpaired) electrons. The zero-order chi connectivity index (χ0) is 14.2. The van der Waals surface area contributed by atoms with Crippen LogP contribution in [0.3, 0.4) is 0 Å². The van der Waals surface area contributed by atoms with Gasteiger partial charge in [-0.25, -0.2) is 13.8 Å². The molecule has 5 nitrogen and oxygen atoms in total. The molecule has 2 aromatic heterocycles. The van der Waals surface area contributed by atoms with Gasteiger partial charge in [0.05, 0.1) is 0 Å². The van der Waals surface area contributed by atoms with Gasteiger partial charge in [-0.3, -0.25) is 0 Å². The summed E-state index contributed by atoms with van der Waals surface area (Å²) in [7, 11) is 0. The fourth-order valence-electron chi connectivity index (χ4n) is 2.57. The van der Waals surface area contributed by atoms with Crippen LogP contribution in [0.15, 0.2) is 24.5 Å². The first-order chi connectivity index (χ1) is 9.55. The van der Waals surface area contributed by atoms with E-state index in [1.54, 1.807) is 24.5 Å². The van der Waals surface area contributed by atoms with E-state index >= 15 is 0 Å². The number of hydrogen-bond acceptors (Lipinski definition) is 4. The number of aromatic nitrogens is 4. The number of nitrogens with zero attached hydrogens (tertiary/aromatic N) is 4. The molecule has 2 N–H and O–H groups in total. The van der Waals surface area contributed by atoms with E-state index in [0.717, 1.165) is 0 Å². The first-order valence-corrected chi connectivity index (χ1v) is 6.55. The molecule has 0 bridgehead atoms. The number of hydrogen-bond donors (Lipinski definition) is 1. The fourth-order valence-corrected chi connectivity index (χ4v) is 2.57. The summed E-state index contributed by atoms with van der Waals surface area (Å²) in [6.45, 7) is 0. The van der Waals surface area contributed by atoms with Crippen LogP contribution in [-0.4, -0.2) is 25.7 Å². The highest BCUT2D eigenvalue weighted by Gasteiger charge is 2.36. The average molecular weight is 279 g/mol. The zero-order valence-electron chi connectivity index (χ0n) is 10.8. The maximum atomic E-state index is 13.2. The van der Waals surface area contributed by atoms with E-state index in [1.807, 2.05) is 4.57 Å². The fraction of sp³-hybridized carbons (Fsp3) is 0.462. The minimum absolute atomic E-state index is 0.0112. The average Bonchev–Trinajstić information content (AvgIpc) is 2.88. The predicted molar refractivity (Wildman–Crippen MR) is 70.1 cm³/mol. The Morgan fingerprint density at radius 3 is 2.70 bits per heavy atom. The third-order valence-electron chi connectivity index (χ3n) is 3.65. The molecule has 0 amide bonds. The van der Waals surface area contributed by atoms with Crippen LogP contribution in [0, 0.1) is 0 Å². The summed E-state index contributed by atoms with van der Waals surface area (Å²) in [5.41, 5.74) is 6.27. The highest BCUT2D eigenvalue weighted by Crippen LogP contribution is 2.39. The molecule has 106 valence electrons. The molecule has 2 aromatic rings. The van der Waals surface area contributed by atoms with E-state index in [1.165, 1.54) is 0 Å².